The number of carbonyl (C=O) groups is 1. The van der Waals surface area contributed by atoms with Crippen LogP contribution in [0.1, 0.15) is 34.7 Å². The quantitative estimate of drug-likeness (QED) is 0.643. The highest BCUT2D eigenvalue weighted by molar-refractivity contribution is 5.70. The normalized spacial score (nSPS) is 15.1. The Morgan fingerprint density at radius 1 is 1.23 bits per heavy atom. The number of aryl methyl sites for hydroxylation is 1. The molecule has 0 amide bonds. The Labute approximate surface area is 76.2 Å². The van der Waals surface area contributed by atoms with E-state index in [1.165, 1.54) is 0 Å². The summed E-state index contributed by atoms with van der Waals surface area (Å²) in [5.41, 5.74) is 7.71. The minimum absolute atomic E-state index is 0.207. The molecule has 0 unspecified atom stereocenters. The third-order valence-corrected chi connectivity index (χ3v) is 2.34. The third kappa shape index (κ3) is 1.39. The van der Waals surface area contributed by atoms with Gasteiger partial charge in [0.2, 0.25) is 0 Å². The first-order chi connectivity index (χ1) is 6.31. The molecule has 0 fully saturated rings. The minimum Gasteiger partial charge on any atom is -0.383 e. The molecule has 1 heterocycles. The van der Waals surface area contributed by atoms with E-state index in [0.717, 1.165) is 36.9 Å². The molecule has 2 rings (SSSR count). The molecule has 0 spiro atoms. The number of fused-ring (bicyclic) bond motifs is 1. The summed E-state index contributed by atoms with van der Waals surface area (Å²) in [5.74, 6) is 0.685. The second kappa shape index (κ2) is 3.12. The van der Waals surface area contributed by atoms with Crippen LogP contribution in [0.25, 0.3) is 0 Å². The lowest BCUT2D eigenvalue weighted by atomic mass is 9.96. The highest BCUT2D eigenvalue weighted by atomic mass is 16.1. The van der Waals surface area contributed by atoms with Crippen LogP contribution in [0.5, 0.6) is 0 Å². The molecular formula is C9H11N3O. The van der Waals surface area contributed by atoms with E-state index in [4.69, 9.17) is 5.73 Å². The van der Waals surface area contributed by atoms with E-state index in [1.807, 2.05) is 0 Å². The highest BCUT2D eigenvalue weighted by Gasteiger charge is 2.15. The van der Waals surface area contributed by atoms with Gasteiger partial charge in [-0.3, -0.25) is 4.79 Å². The number of carbonyl (C=O) groups excluding carboxylic acids is 1. The average molecular weight is 177 g/mol. The van der Waals surface area contributed by atoms with Gasteiger partial charge in [0.15, 0.2) is 12.1 Å². The predicted molar refractivity (Wildman–Crippen MR) is 48.5 cm³/mol. The summed E-state index contributed by atoms with van der Waals surface area (Å²) in [5, 5.41) is 0. The van der Waals surface area contributed by atoms with Crippen molar-refractivity contribution in [2.45, 2.75) is 25.7 Å². The van der Waals surface area contributed by atoms with Gasteiger partial charge in [-0.05, 0) is 25.7 Å². The smallest absolute Gasteiger partial charge is 0.194 e. The van der Waals surface area contributed by atoms with Crippen LogP contribution < -0.4 is 5.73 Å². The molecule has 4 heteroatoms. The number of nitrogens with zero attached hydrogens (tertiary/aromatic N) is 2. The predicted octanol–water partition coefficient (Wildman–Crippen LogP) is 0.750. The summed E-state index contributed by atoms with van der Waals surface area (Å²) in [6.07, 6.45) is 4.77. The number of nitrogen functional groups attached to an aromatic ring is 1. The Morgan fingerprint density at radius 2 is 2.00 bits per heavy atom. The van der Waals surface area contributed by atoms with Gasteiger partial charge in [0.25, 0.3) is 0 Å². The van der Waals surface area contributed by atoms with Gasteiger partial charge in [-0.2, -0.15) is 0 Å². The molecule has 0 aliphatic heterocycles. The highest BCUT2D eigenvalue weighted by Crippen LogP contribution is 2.22. The minimum atomic E-state index is 0.207. The topological polar surface area (TPSA) is 68.9 Å². The second-order valence-electron chi connectivity index (χ2n) is 3.22. The van der Waals surface area contributed by atoms with Crippen LogP contribution >= 0.6 is 0 Å². The zero-order valence-corrected chi connectivity index (χ0v) is 7.29. The van der Waals surface area contributed by atoms with Crippen molar-refractivity contribution in [2.24, 2.45) is 0 Å². The third-order valence-electron chi connectivity index (χ3n) is 2.34. The lowest BCUT2D eigenvalue weighted by molar-refractivity contribution is 0.111. The molecular weight excluding hydrogens is 166 g/mol. The summed E-state index contributed by atoms with van der Waals surface area (Å²) in [4.78, 5) is 18.5. The van der Waals surface area contributed by atoms with Gasteiger partial charge in [0, 0.05) is 11.3 Å². The molecule has 1 aliphatic carbocycles. The van der Waals surface area contributed by atoms with Crippen molar-refractivity contribution in [3.05, 3.63) is 17.1 Å². The van der Waals surface area contributed by atoms with Crippen molar-refractivity contribution >= 4 is 12.1 Å². The van der Waals surface area contributed by atoms with Crippen LogP contribution in [0, 0.1) is 0 Å². The number of nitrogens with two attached hydrogens (primary N) is 1. The van der Waals surface area contributed by atoms with Gasteiger partial charge in [-0.1, -0.05) is 0 Å². The maximum absolute atomic E-state index is 10.5. The van der Waals surface area contributed by atoms with Gasteiger partial charge < -0.3 is 5.73 Å². The van der Waals surface area contributed by atoms with Crippen molar-refractivity contribution in [2.75, 3.05) is 5.73 Å². The summed E-state index contributed by atoms with van der Waals surface area (Å²) < 4.78 is 0. The zero-order valence-electron chi connectivity index (χ0n) is 7.29. The first-order valence-electron chi connectivity index (χ1n) is 4.41. The second-order valence-corrected chi connectivity index (χ2v) is 3.22. The lowest BCUT2D eigenvalue weighted by Crippen LogP contribution is -2.12. The first-order valence-corrected chi connectivity index (χ1v) is 4.41. The zero-order chi connectivity index (χ0) is 9.26. The Morgan fingerprint density at radius 3 is 2.77 bits per heavy atom. The van der Waals surface area contributed by atoms with Crippen molar-refractivity contribution in [3.8, 4) is 0 Å². The Bertz CT molecular complexity index is 349. The van der Waals surface area contributed by atoms with Gasteiger partial charge in [-0.15, -0.1) is 0 Å². The van der Waals surface area contributed by atoms with Crippen molar-refractivity contribution in [1.29, 1.82) is 0 Å². The molecule has 4 nitrogen and oxygen atoms in total. The van der Waals surface area contributed by atoms with Crippen molar-refractivity contribution < 1.29 is 4.79 Å². The number of aldehydes is 1. The fourth-order valence-electron chi connectivity index (χ4n) is 1.70. The van der Waals surface area contributed by atoms with Gasteiger partial charge in [0.1, 0.15) is 5.82 Å². The summed E-state index contributed by atoms with van der Waals surface area (Å²) in [6, 6.07) is 0. The van der Waals surface area contributed by atoms with Crippen LogP contribution in [0.4, 0.5) is 5.82 Å². The molecule has 0 bridgehead atoms. The standard InChI is InChI=1S/C9H11N3O/c10-9-6-3-1-2-4-7(6)11-8(5-13)12-9/h5H,1-4H2,(H2,10,11,12). The summed E-state index contributed by atoms with van der Waals surface area (Å²) in [6.45, 7) is 0. The number of hydrogen-bond donors (Lipinski definition) is 1. The van der Waals surface area contributed by atoms with Gasteiger partial charge in [0.05, 0.1) is 0 Å². The van der Waals surface area contributed by atoms with Crippen molar-refractivity contribution in [1.82, 2.24) is 9.97 Å². The van der Waals surface area contributed by atoms with E-state index in [1.54, 1.807) is 0 Å². The molecule has 0 atom stereocenters. The number of aromatic nitrogens is 2. The maximum Gasteiger partial charge on any atom is 0.194 e. The van der Waals surface area contributed by atoms with E-state index in [2.05, 4.69) is 9.97 Å². The molecule has 13 heavy (non-hydrogen) atoms. The SMILES string of the molecule is Nc1nc(C=O)nc2c1CCCC2. The maximum atomic E-state index is 10.5. The summed E-state index contributed by atoms with van der Waals surface area (Å²) in [7, 11) is 0. The molecule has 0 aromatic carbocycles. The van der Waals surface area contributed by atoms with Crippen LogP contribution in [0.3, 0.4) is 0 Å². The van der Waals surface area contributed by atoms with Gasteiger partial charge in [-0.25, -0.2) is 9.97 Å². The van der Waals surface area contributed by atoms with Crippen molar-refractivity contribution in [3.63, 3.8) is 0 Å². The van der Waals surface area contributed by atoms with Crippen LogP contribution in [-0.2, 0) is 12.8 Å². The fraction of sp³-hybridized carbons (Fsp3) is 0.444. The first kappa shape index (κ1) is 8.16. The molecule has 0 saturated heterocycles. The Kier molecular flexibility index (Phi) is 1.96. The van der Waals surface area contributed by atoms with E-state index in [0.29, 0.717) is 12.1 Å². The van der Waals surface area contributed by atoms with Crippen LogP contribution in [0.2, 0.25) is 0 Å². The fourth-order valence-corrected chi connectivity index (χ4v) is 1.70. The van der Waals surface area contributed by atoms with E-state index >= 15 is 0 Å². The summed E-state index contributed by atoms with van der Waals surface area (Å²) >= 11 is 0. The molecule has 2 N–H and O–H groups in total. The Balaban J connectivity index is 2.52. The van der Waals surface area contributed by atoms with Crippen LogP contribution in [-0.4, -0.2) is 16.3 Å². The average Bonchev–Trinajstić information content (AvgIpc) is 2.18. The molecule has 0 saturated carbocycles. The van der Waals surface area contributed by atoms with Crippen LogP contribution in [0.15, 0.2) is 0 Å². The lowest BCUT2D eigenvalue weighted by Gasteiger charge is -2.15. The van der Waals surface area contributed by atoms with E-state index < -0.39 is 0 Å². The molecule has 1 aromatic rings. The molecule has 0 radical (unpaired) electrons. The number of rotatable bonds is 1. The monoisotopic (exact) mass is 177 g/mol. The van der Waals surface area contributed by atoms with Gasteiger partial charge >= 0.3 is 0 Å². The largest absolute Gasteiger partial charge is 0.383 e. The molecule has 1 aromatic heterocycles. The number of anilines is 1. The Hall–Kier alpha value is -1.45. The molecule has 68 valence electrons. The van der Waals surface area contributed by atoms with E-state index in [-0.39, 0.29) is 5.82 Å². The van der Waals surface area contributed by atoms with E-state index in [9.17, 15) is 4.79 Å². The number of hydrogen-bond acceptors (Lipinski definition) is 4. The molecule has 1 aliphatic rings.